The van der Waals surface area contributed by atoms with Crippen molar-refractivity contribution in [3.8, 4) is 5.75 Å². The summed E-state index contributed by atoms with van der Waals surface area (Å²) in [5, 5.41) is 3.03. The van der Waals surface area contributed by atoms with Gasteiger partial charge >= 0.3 is 0 Å². The molecular weight excluding hydrogens is 444 g/mol. The Morgan fingerprint density at radius 2 is 1.44 bits per heavy atom. The number of carbonyl (C=O) groups is 1. The normalized spacial score (nSPS) is 11.0. The average Bonchev–Trinajstić information content (AvgIpc) is 2.90. The Kier molecular flexibility index (Phi) is 15.6. The fraction of sp³-hybridized carbons (Fsp3) is 0.625. The quantitative estimate of drug-likeness (QED) is 0.149. The maximum atomic E-state index is 12.5. The molecule has 0 bridgehead atoms. The van der Waals surface area contributed by atoms with Crippen molar-refractivity contribution >= 4 is 5.91 Å². The van der Waals surface area contributed by atoms with Gasteiger partial charge in [0.05, 0.1) is 6.61 Å². The van der Waals surface area contributed by atoms with Crippen molar-refractivity contribution in [1.29, 1.82) is 0 Å². The van der Waals surface area contributed by atoms with Gasteiger partial charge in [-0.05, 0) is 49.6 Å². The van der Waals surface area contributed by atoms with Gasteiger partial charge in [-0.3, -0.25) is 4.79 Å². The SMILES string of the molecule is CCCCCCCCCCCCCCCCOc1ccc(CNC(=O)c2ccc[n+](CC)c2)c(C)c1. The van der Waals surface area contributed by atoms with Crippen LogP contribution in [0.5, 0.6) is 5.75 Å². The van der Waals surface area contributed by atoms with Gasteiger partial charge in [0.15, 0.2) is 12.4 Å². The fourth-order valence-electron chi connectivity index (χ4n) is 4.57. The number of ether oxygens (including phenoxy) is 1. The number of benzene rings is 1. The van der Waals surface area contributed by atoms with E-state index in [2.05, 4.69) is 38.2 Å². The highest BCUT2D eigenvalue weighted by atomic mass is 16.5. The zero-order chi connectivity index (χ0) is 25.8. The predicted octanol–water partition coefficient (Wildman–Crippen LogP) is 8.09. The molecule has 0 atom stereocenters. The van der Waals surface area contributed by atoms with Gasteiger partial charge in [0.2, 0.25) is 0 Å². The molecule has 1 aromatic heterocycles. The standard InChI is InChI=1S/C32H50N2O2/c1-4-6-7-8-9-10-11-12-13-14-15-16-17-18-24-36-31-22-21-29(28(3)25-31)26-33-32(35)30-20-19-23-34(5-2)27-30/h19-23,25,27H,4-18,24,26H2,1-3H3/p+1. The summed E-state index contributed by atoms with van der Waals surface area (Å²) in [4.78, 5) is 12.5. The number of unbranched alkanes of at least 4 members (excludes halogenated alkanes) is 13. The molecule has 1 N–H and O–H groups in total. The molecule has 0 aliphatic carbocycles. The maximum absolute atomic E-state index is 12.5. The molecule has 2 aromatic rings. The van der Waals surface area contributed by atoms with Crippen LogP contribution in [0.2, 0.25) is 0 Å². The van der Waals surface area contributed by atoms with Crippen molar-refractivity contribution in [2.24, 2.45) is 0 Å². The van der Waals surface area contributed by atoms with Crippen LogP contribution in [0, 0.1) is 6.92 Å². The van der Waals surface area contributed by atoms with E-state index in [-0.39, 0.29) is 5.91 Å². The summed E-state index contributed by atoms with van der Waals surface area (Å²) in [6, 6.07) is 9.93. The molecule has 1 amide bonds. The number of rotatable bonds is 20. The molecule has 36 heavy (non-hydrogen) atoms. The highest BCUT2D eigenvalue weighted by Crippen LogP contribution is 2.18. The minimum absolute atomic E-state index is 0.0460. The van der Waals surface area contributed by atoms with Crippen molar-refractivity contribution in [3.05, 3.63) is 59.4 Å². The highest BCUT2D eigenvalue weighted by molar-refractivity contribution is 5.93. The summed E-state index contributed by atoms with van der Waals surface area (Å²) in [6.45, 7) is 8.57. The van der Waals surface area contributed by atoms with Gasteiger partial charge in [0, 0.05) is 12.6 Å². The van der Waals surface area contributed by atoms with Crippen LogP contribution in [-0.2, 0) is 13.1 Å². The molecule has 0 saturated heterocycles. The molecule has 4 heteroatoms. The Labute approximate surface area is 220 Å². The van der Waals surface area contributed by atoms with Crippen molar-refractivity contribution in [1.82, 2.24) is 5.32 Å². The van der Waals surface area contributed by atoms with Crippen LogP contribution >= 0.6 is 0 Å². The van der Waals surface area contributed by atoms with Crippen molar-refractivity contribution in [2.75, 3.05) is 6.61 Å². The van der Waals surface area contributed by atoms with Gasteiger partial charge in [-0.2, -0.15) is 0 Å². The largest absolute Gasteiger partial charge is 0.494 e. The first-order valence-corrected chi connectivity index (χ1v) is 14.6. The van der Waals surface area contributed by atoms with E-state index in [1.165, 1.54) is 83.5 Å². The number of nitrogens with one attached hydrogen (secondary N) is 1. The fourth-order valence-corrected chi connectivity index (χ4v) is 4.57. The minimum Gasteiger partial charge on any atom is -0.494 e. The van der Waals surface area contributed by atoms with Crippen LogP contribution in [0.4, 0.5) is 0 Å². The van der Waals surface area contributed by atoms with Crippen LogP contribution in [0.25, 0.3) is 0 Å². The first-order valence-electron chi connectivity index (χ1n) is 14.6. The molecule has 0 unspecified atom stereocenters. The van der Waals surface area contributed by atoms with Crippen LogP contribution in [0.3, 0.4) is 0 Å². The van der Waals surface area contributed by atoms with Crippen molar-refractivity contribution in [3.63, 3.8) is 0 Å². The predicted molar refractivity (Wildman–Crippen MR) is 150 cm³/mol. The molecule has 1 aromatic carbocycles. The molecule has 0 aliphatic heterocycles. The topological polar surface area (TPSA) is 42.2 Å². The second-order valence-electron chi connectivity index (χ2n) is 10.1. The smallest absolute Gasteiger partial charge is 0.257 e. The second kappa shape index (κ2) is 18.8. The third-order valence-electron chi connectivity index (χ3n) is 7.01. The zero-order valence-electron chi connectivity index (χ0n) is 23.3. The number of hydrogen-bond donors (Lipinski definition) is 1. The molecule has 200 valence electrons. The number of amides is 1. The summed E-state index contributed by atoms with van der Waals surface area (Å²) in [5.41, 5.74) is 2.95. The molecule has 4 nitrogen and oxygen atoms in total. The van der Waals surface area contributed by atoms with Crippen LogP contribution in [-0.4, -0.2) is 12.5 Å². The average molecular weight is 496 g/mol. The summed E-state index contributed by atoms with van der Waals surface area (Å²) in [7, 11) is 0. The third kappa shape index (κ3) is 12.6. The van der Waals surface area contributed by atoms with Crippen LogP contribution in [0.15, 0.2) is 42.7 Å². The summed E-state index contributed by atoms with van der Waals surface area (Å²) >= 11 is 0. The zero-order valence-corrected chi connectivity index (χ0v) is 23.3. The number of carbonyl (C=O) groups excluding carboxylic acids is 1. The van der Waals surface area contributed by atoms with Gasteiger partial charge in [-0.25, -0.2) is 4.57 Å². The summed E-state index contributed by atoms with van der Waals surface area (Å²) in [6.07, 6.45) is 23.0. The van der Waals surface area contributed by atoms with Crippen molar-refractivity contribution < 1.29 is 14.1 Å². The Hall–Kier alpha value is -2.36. The molecule has 0 aliphatic rings. The van der Waals surface area contributed by atoms with E-state index in [9.17, 15) is 4.79 Å². The summed E-state index contributed by atoms with van der Waals surface area (Å²) < 4.78 is 7.98. The highest BCUT2D eigenvalue weighted by Gasteiger charge is 2.10. The van der Waals surface area contributed by atoms with Gasteiger partial charge in [-0.15, -0.1) is 0 Å². The Morgan fingerprint density at radius 3 is 2.03 bits per heavy atom. The number of aryl methyl sites for hydroxylation is 2. The minimum atomic E-state index is -0.0460. The van der Waals surface area contributed by atoms with Gasteiger partial charge in [-0.1, -0.05) is 96.5 Å². The number of hydrogen-bond acceptors (Lipinski definition) is 2. The molecular formula is C32H51N2O2+. The third-order valence-corrected chi connectivity index (χ3v) is 7.01. The molecule has 0 radical (unpaired) electrons. The van der Waals surface area contributed by atoms with E-state index in [0.717, 1.165) is 36.4 Å². The lowest BCUT2D eigenvalue weighted by Crippen LogP contribution is -2.34. The van der Waals surface area contributed by atoms with Crippen LogP contribution < -0.4 is 14.6 Å². The molecule has 0 spiro atoms. The Morgan fingerprint density at radius 1 is 0.833 bits per heavy atom. The number of pyridine rings is 1. The Bertz CT molecular complexity index is 865. The second-order valence-corrected chi connectivity index (χ2v) is 10.1. The molecule has 2 rings (SSSR count). The van der Waals surface area contributed by atoms with Gasteiger partial charge in [0.25, 0.3) is 5.91 Å². The van der Waals surface area contributed by atoms with E-state index < -0.39 is 0 Å². The van der Waals surface area contributed by atoms with E-state index in [1.54, 1.807) is 0 Å². The Balaban J connectivity index is 1.51. The molecule has 0 saturated carbocycles. The number of nitrogens with zero attached hydrogens (tertiary/aromatic N) is 1. The van der Waals surface area contributed by atoms with E-state index in [0.29, 0.717) is 12.1 Å². The maximum Gasteiger partial charge on any atom is 0.257 e. The van der Waals surface area contributed by atoms with Crippen molar-refractivity contribution in [2.45, 2.75) is 124 Å². The lowest BCUT2D eigenvalue weighted by atomic mass is 10.0. The molecule has 0 fully saturated rings. The van der Waals surface area contributed by atoms with E-state index in [1.807, 2.05) is 35.2 Å². The monoisotopic (exact) mass is 495 g/mol. The van der Waals surface area contributed by atoms with Crippen LogP contribution in [0.1, 0.15) is 125 Å². The van der Waals surface area contributed by atoms with Gasteiger partial charge in [0.1, 0.15) is 17.9 Å². The summed E-state index contributed by atoms with van der Waals surface area (Å²) in [5.74, 6) is 0.875. The first-order chi connectivity index (χ1) is 17.6. The lowest BCUT2D eigenvalue weighted by molar-refractivity contribution is -0.693. The van der Waals surface area contributed by atoms with E-state index >= 15 is 0 Å². The molecule has 1 heterocycles. The lowest BCUT2D eigenvalue weighted by Gasteiger charge is -2.11. The first kappa shape index (κ1) is 29.9. The van der Waals surface area contributed by atoms with Gasteiger partial charge < -0.3 is 10.1 Å². The van der Waals surface area contributed by atoms with E-state index in [4.69, 9.17) is 4.74 Å². The number of aromatic nitrogens is 1.